The van der Waals surface area contributed by atoms with E-state index in [1.54, 1.807) is 0 Å². The van der Waals surface area contributed by atoms with Gasteiger partial charge in [-0.2, -0.15) is 0 Å². The Balaban J connectivity index is 2.20. The molecule has 0 radical (unpaired) electrons. The topological polar surface area (TPSA) is 111 Å². The summed E-state index contributed by atoms with van der Waals surface area (Å²) in [5.74, 6) is -0.992. The Kier molecular flexibility index (Phi) is 5.93. The molecule has 7 nitrogen and oxygen atoms in total. The number of hydrogen-bond acceptors (Lipinski definition) is 6. The van der Waals surface area contributed by atoms with Crippen LogP contribution < -0.4 is 10.2 Å². The van der Waals surface area contributed by atoms with Crippen LogP contribution in [0.4, 0.5) is 0 Å². The Morgan fingerprint density at radius 1 is 1.10 bits per heavy atom. The van der Waals surface area contributed by atoms with Gasteiger partial charge in [0.2, 0.25) is 5.43 Å². The predicted molar refractivity (Wildman–Crippen MR) is 110 cm³/mol. The van der Waals surface area contributed by atoms with Crippen molar-refractivity contribution in [1.82, 2.24) is 0 Å². The largest absolute Gasteiger partial charge is 0.490 e. The van der Waals surface area contributed by atoms with E-state index in [2.05, 4.69) is 6.92 Å². The van der Waals surface area contributed by atoms with Gasteiger partial charge >= 0.3 is 5.97 Å². The van der Waals surface area contributed by atoms with Gasteiger partial charge in [-0.25, -0.2) is 13.2 Å². The van der Waals surface area contributed by atoms with Gasteiger partial charge in [0.25, 0.3) is 0 Å². The van der Waals surface area contributed by atoms with Gasteiger partial charge in [0.05, 0.1) is 27.8 Å². The monoisotopic (exact) mass is 418 g/mol. The fraction of sp³-hybridized carbons (Fsp3) is 0.333. The van der Waals surface area contributed by atoms with Crippen LogP contribution in [0.3, 0.4) is 0 Å². The Morgan fingerprint density at radius 2 is 1.86 bits per heavy atom. The second-order valence-electron chi connectivity index (χ2n) is 6.93. The van der Waals surface area contributed by atoms with Gasteiger partial charge in [0, 0.05) is 12.3 Å². The van der Waals surface area contributed by atoms with Crippen molar-refractivity contribution in [2.75, 3.05) is 12.9 Å². The van der Waals surface area contributed by atoms with Crippen molar-refractivity contribution in [3.8, 4) is 5.75 Å². The lowest BCUT2D eigenvalue weighted by Gasteiger charge is -2.11. The molecule has 0 spiro atoms. The molecule has 0 aliphatic rings. The van der Waals surface area contributed by atoms with Gasteiger partial charge in [-0.05, 0) is 30.7 Å². The maximum Gasteiger partial charge on any atom is 0.335 e. The van der Waals surface area contributed by atoms with E-state index in [-0.39, 0.29) is 38.1 Å². The van der Waals surface area contributed by atoms with Crippen LogP contribution in [0.1, 0.15) is 43.0 Å². The minimum Gasteiger partial charge on any atom is -0.490 e. The van der Waals surface area contributed by atoms with E-state index < -0.39 is 21.2 Å². The molecule has 0 amide bonds. The average Bonchev–Trinajstić information content (AvgIpc) is 2.67. The van der Waals surface area contributed by atoms with Gasteiger partial charge < -0.3 is 14.3 Å². The van der Waals surface area contributed by atoms with Crippen molar-refractivity contribution in [3.63, 3.8) is 0 Å². The zero-order valence-corrected chi connectivity index (χ0v) is 17.0. The summed E-state index contributed by atoms with van der Waals surface area (Å²) in [5, 5.41) is 9.27. The fourth-order valence-electron chi connectivity index (χ4n) is 3.07. The van der Waals surface area contributed by atoms with E-state index in [4.69, 9.17) is 9.15 Å². The van der Waals surface area contributed by atoms with Crippen molar-refractivity contribution in [2.24, 2.45) is 0 Å². The number of unbranched alkanes of at least 4 members (excludes halogenated alkanes) is 3. The van der Waals surface area contributed by atoms with Crippen molar-refractivity contribution >= 4 is 37.7 Å². The molecule has 0 bridgehead atoms. The van der Waals surface area contributed by atoms with Crippen LogP contribution in [0, 0.1) is 0 Å². The lowest BCUT2D eigenvalue weighted by Crippen LogP contribution is -2.08. The van der Waals surface area contributed by atoms with Gasteiger partial charge in [-0.1, -0.05) is 26.2 Å². The first-order chi connectivity index (χ1) is 13.7. The summed E-state index contributed by atoms with van der Waals surface area (Å²) in [7, 11) is -3.60. The van der Waals surface area contributed by atoms with E-state index >= 15 is 0 Å². The summed E-state index contributed by atoms with van der Waals surface area (Å²) in [6.45, 7) is 2.46. The lowest BCUT2D eigenvalue weighted by molar-refractivity contribution is 0.0697. The normalized spacial score (nSPS) is 11.8. The van der Waals surface area contributed by atoms with Crippen LogP contribution >= 0.6 is 0 Å². The average molecular weight is 418 g/mol. The second kappa shape index (κ2) is 8.24. The molecule has 1 N–H and O–H groups in total. The minimum atomic E-state index is -3.60. The van der Waals surface area contributed by atoms with Crippen LogP contribution in [-0.4, -0.2) is 32.4 Å². The Morgan fingerprint density at radius 3 is 2.52 bits per heavy atom. The van der Waals surface area contributed by atoms with Crippen LogP contribution in [-0.2, 0) is 9.84 Å². The number of aromatic carboxylic acids is 1. The number of hydrogen-bond donors (Lipinski definition) is 1. The van der Waals surface area contributed by atoms with Crippen molar-refractivity contribution < 1.29 is 27.5 Å². The summed E-state index contributed by atoms with van der Waals surface area (Å²) in [6.07, 6.45) is 4.96. The van der Waals surface area contributed by atoms with Gasteiger partial charge in [-0.15, -0.1) is 0 Å². The molecule has 0 aliphatic carbocycles. The molecule has 1 aromatic heterocycles. The van der Waals surface area contributed by atoms with Crippen LogP contribution in [0.25, 0.3) is 21.9 Å². The number of fused-ring (bicyclic) bond motifs is 2. The van der Waals surface area contributed by atoms with E-state index in [0.717, 1.165) is 31.9 Å². The number of carboxylic acid groups (broad SMARTS) is 1. The summed E-state index contributed by atoms with van der Waals surface area (Å²) in [4.78, 5) is 24.2. The van der Waals surface area contributed by atoms with Crippen LogP contribution in [0.2, 0.25) is 0 Å². The zero-order valence-electron chi connectivity index (χ0n) is 16.2. The SMILES string of the molecule is CCCCCCOc1cc(S(C)(=O)=O)cc2c(=O)c3cc(C(=O)O)ccc3oc12. The third kappa shape index (κ3) is 4.42. The summed E-state index contributed by atoms with van der Waals surface area (Å²) >= 11 is 0. The van der Waals surface area contributed by atoms with E-state index in [0.29, 0.717) is 6.61 Å². The zero-order chi connectivity index (χ0) is 21.2. The number of rotatable bonds is 8. The lowest BCUT2D eigenvalue weighted by atomic mass is 10.1. The molecule has 3 rings (SSSR count). The summed E-state index contributed by atoms with van der Waals surface area (Å²) in [6, 6.07) is 6.58. The highest BCUT2D eigenvalue weighted by molar-refractivity contribution is 7.90. The molecule has 0 fully saturated rings. The standard InChI is InChI=1S/C21H22O7S/c1-3-4-5-6-9-27-18-12-14(29(2,25)26)11-16-19(22)15-10-13(21(23)24)7-8-17(15)28-20(16)18/h7-8,10-12H,3-6,9H2,1-2H3,(H,23,24). The molecule has 2 aromatic carbocycles. The second-order valence-corrected chi connectivity index (χ2v) is 8.94. The first-order valence-electron chi connectivity index (χ1n) is 9.33. The van der Waals surface area contributed by atoms with Crippen LogP contribution in [0.15, 0.2) is 44.4 Å². The Hall–Kier alpha value is -2.87. The maximum atomic E-state index is 13.0. The molecule has 154 valence electrons. The number of benzene rings is 2. The maximum absolute atomic E-state index is 13.0. The van der Waals surface area contributed by atoms with Gasteiger partial charge in [-0.3, -0.25) is 4.79 Å². The van der Waals surface area contributed by atoms with Crippen molar-refractivity contribution in [1.29, 1.82) is 0 Å². The highest BCUT2D eigenvalue weighted by atomic mass is 32.2. The Labute approximate surface area is 167 Å². The van der Waals surface area contributed by atoms with E-state index in [1.807, 2.05) is 0 Å². The Bertz CT molecular complexity index is 1240. The molecule has 1 heterocycles. The van der Waals surface area contributed by atoms with Crippen molar-refractivity contribution in [2.45, 2.75) is 37.5 Å². The molecule has 0 saturated heterocycles. The molecule has 0 aliphatic heterocycles. The first-order valence-corrected chi connectivity index (χ1v) is 11.2. The van der Waals surface area contributed by atoms with Crippen molar-refractivity contribution in [3.05, 3.63) is 46.1 Å². The summed E-state index contributed by atoms with van der Waals surface area (Å²) < 4.78 is 35.8. The van der Waals surface area contributed by atoms with Gasteiger partial charge in [0.15, 0.2) is 21.2 Å². The molecule has 29 heavy (non-hydrogen) atoms. The van der Waals surface area contributed by atoms with E-state index in [9.17, 15) is 23.1 Å². The molecule has 0 atom stereocenters. The molecule has 0 saturated carbocycles. The number of ether oxygens (including phenoxy) is 1. The van der Waals surface area contributed by atoms with E-state index in [1.165, 1.54) is 30.3 Å². The number of carboxylic acids is 1. The predicted octanol–water partition coefficient (Wildman–Crippen LogP) is 4.01. The van der Waals surface area contributed by atoms with Crippen LogP contribution in [0.5, 0.6) is 5.75 Å². The van der Waals surface area contributed by atoms with Gasteiger partial charge in [0.1, 0.15) is 5.58 Å². The highest BCUT2D eigenvalue weighted by Gasteiger charge is 2.19. The molecular weight excluding hydrogens is 396 g/mol. The highest BCUT2D eigenvalue weighted by Crippen LogP contribution is 2.31. The number of sulfone groups is 1. The minimum absolute atomic E-state index is 0.0338. The summed E-state index contributed by atoms with van der Waals surface area (Å²) in [5.41, 5.74) is -0.217. The fourth-order valence-corrected chi connectivity index (χ4v) is 3.72. The molecular formula is C21H22O7S. The smallest absolute Gasteiger partial charge is 0.335 e. The third-order valence-corrected chi connectivity index (χ3v) is 5.73. The molecule has 3 aromatic rings. The quantitative estimate of drug-likeness (QED) is 0.435. The first kappa shape index (κ1) is 20.9. The third-order valence-electron chi connectivity index (χ3n) is 4.64. The number of carbonyl (C=O) groups is 1. The molecule has 0 unspecified atom stereocenters. The molecule has 8 heteroatoms.